The smallest absolute Gasteiger partial charge is 0.0725 e. The lowest BCUT2D eigenvalue weighted by Crippen LogP contribution is -2.25. The Balaban J connectivity index is 1.64. The lowest BCUT2D eigenvalue weighted by atomic mass is 9.70. The zero-order valence-corrected chi connectivity index (χ0v) is 16.9. The molecule has 1 heteroatoms. The van der Waals surface area contributed by atoms with Crippen LogP contribution in [0.4, 0.5) is 0 Å². The van der Waals surface area contributed by atoms with Crippen molar-refractivity contribution in [2.45, 2.75) is 5.41 Å². The van der Waals surface area contributed by atoms with E-state index in [1.165, 1.54) is 50.1 Å². The average Bonchev–Trinajstić information content (AvgIpc) is 3.32. The van der Waals surface area contributed by atoms with E-state index in [9.17, 15) is 0 Å². The number of fused-ring (bicyclic) bond motifs is 10. The van der Waals surface area contributed by atoms with Crippen LogP contribution < -0.4 is 0 Å². The van der Waals surface area contributed by atoms with Crippen molar-refractivity contribution >= 4 is 0 Å². The maximum Gasteiger partial charge on any atom is 0.0725 e. The zero-order valence-electron chi connectivity index (χ0n) is 16.9. The van der Waals surface area contributed by atoms with E-state index in [-0.39, 0.29) is 5.41 Å². The Kier molecular flexibility index (Phi) is 3.26. The zero-order chi connectivity index (χ0) is 20.4. The summed E-state index contributed by atoms with van der Waals surface area (Å²) in [5, 5.41) is 0. The maximum absolute atomic E-state index is 4.35. The molecule has 144 valence electrons. The lowest BCUT2D eigenvalue weighted by molar-refractivity contribution is 0.794. The second-order valence-electron chi connectivity index (χ2n) is 8.39. The lowest BCUT2D eigenvalue weighted by Gasteiger charge is -2.30. The van der Waals surface area contributed by atoms with Crippen LogP contribution in [0.25, 0.3) is 33.4 Å². The predicted molar refractivity (Wildman–Crippen MR) is 126 cm³/mol. The third kappa shape index (κ3) is 2.03. The van der Waals surface area contributed by atoms with Crippen LogP contribution in [0.15, 0.2) is 116 Å². The van der Waals surface area contributed by atoms with Gasteiger partial charge in [-0.25, -0.2) is 0 Å². The molecule has 1 aromatic heterocycles. The van der Waals surface area contributed by atoms with Crippen molar-refractivity contribution in [3.63, 3.8) is 0 Å². The first-order valence-corrected chi connectivity index (χ1v) is 10.7. The van der Waals surface area contributed by atoms with Gasteiger partial charge < -0.3 is 0 Å². The van der Waals surface area contributed by atoms with Crippen LogP contribution in [-0.2, 0) is 5.41 Å². The molecule has 7 rings (SSSR count). The second-order valence-corrected chi connectivity index (χ2v) is 8.39. The van der Waals surface area contributed by atoms with Gasteiger partial charge in [-0.3, -0.25) is 4.98 Å². The van der Waals surface area contributed by atoms with Crippen molar-refractivity contribution < 1.29 is 0 Å². The summed E-state index contributed by atoms with van der Waals surface area (Å²) in [5.41, 5.74) is 12.9. The molecule has 5 aromatic rings. The van der Waals surface area contributed by atoms with Gasteiger partial charge in [-0.1, -0.05) is 91.0 Å². The van der Waals surface area contributed by atoms with Crippen molar-refractivity contribution in [1.82, 2.24) is 4.98 Å². The first-order valence-electron chi connectivity index (χ1n) is 10.7. The normalized spacial score (nSPS) is 14.1. The summed E-state index contributed by atoms with van der Waals surface area (Å²) in [4.78, 5) is 4.35. The number of nitrogens with zero attached hydrogens (tertiary/aromatic N) is 1. The molecule has 0 saturated carbocycles. The molecule has 0 unspecified atom stereocenters. The van der Waals surface area contributed by atoms with Gasteiger partial charge in [0.15, 0.2) is 0 Å². The summed E-state index contributed by atoms with van der Waals surface area (Å²) < 4.78 is 0. The van der Waals surface area contributed by atoms with Crippen molar-refractivity contribution in [3.05, 3.63) is 138 Å². The Morgan fingerprint density at radius 3 is 1.55 bits per heavy atom. The number of aromatic nitrogens is 1. The highest BCUT2D eigenvalue weighted by atomic mass is 14.6. The molecule has 0 atom stereocenters. The highest BCUT2D eigenvalue weighted by Gasteiger charge is 2.51. The van der Waals surface area contributed by atoms with Crippen molar-refractivity contribution in [2.75, 3.05) is 0 Å². The molecule has 31 heavy (non-hydrogen) atoms. The minimum atomic E-state index is -0.280. The highest BCUT2D eigenvalue weighted by molar-refractivity contribution is 5.95. The summed E-state index contributed by atoms with van der Waals surface area (Å²) >= 11 is 0. The van der Waals surface area contributed by atoms with E-state index in [0.717, 1.165) is 5.56 Å². The topological polar surface area (TPSA) is 12.9 Å². The average molecular weight is 393 g/mol. The number of pyridine rings is 1. The van der Waals surface area contributed by atoms with Crippen molar-refractivity contribution in [2.24, 2.45) is 0 Å². The number of benzene rings is 4. The fourth-order valence-electron chi connectivity index (χ4n) is 5.81. The van der Waals surface area contributed by atoms with Gasteiger partial charge >= 0.3 is 0 Å². The predicted octanol–water partition coefficient (Wildman–Crippen LogP) is 7.09. The molecule has 0 amide bonds. The monoisotopic (exact) mass is 393 g/mol. The van der Waals surface area contributed by atoms with Gasteiger partial charge in [-0.15, -0.1) is 0 Å². The third-order valence-corrected chi connectivity index (χ3v) is 6.99. The van der Waals surface area contributed by atoms with Gasteiger partial charge in [0.2, 0.25) is 0 Å². The molecule has 2 aliphatic carbocycles. The first-order chi connectivity index (χ1) is 15.4. The van der Waals surface area contributed by atoms with Crippen LogP contribution in [0.1, 0.15) is 22.3 Å². The van der Waals surface area contributed by atoms with Gasteiger partial charge in [-0.2, -0.15) is 0 Å². The van der Waals surface area contributed by atoms with Gasteiger partial charge in [0.1, 0.15) is 0 Å². The maximum atomic E-state index is 4.35. The van der Waals surface area contributed by atoms with Gasteiger partial charge in [0.05, 0.1) is 5.41 Å². The summed E-state index contributed by atoms with van der Waals surface area (Å²) in [6, 6.07) is 37.8. The summed E-state index contributed by atoms with van der Waals surface area (Å²) in [7, 11) is 0. The molecule has 0 N–H and O–H groups in total. The van der Waals surface area contributed by atoms with E-state index in [2.05, 4.69) is 102 Å². The molecule has 4 aromatic carbocycles. The van der Waals surface area contributed by atoms with Crippen molar-refractivity contribution in [1.29, 1.82) is 0 Å². The number of hydrogen-bond donors (Lipinski definition) is 0. The molecular formula is C30H19N. The van der Waals surface area contributed by atoms with Crippen LogP contribution in [0.2, 0.25) is 0 Å². The Morgan fingerprint density at radius 1 is 0.452 bits per heavy atom. The Bertz CT molecular complexity index is 1420. The molecule has 2 aliphatic rings. The number of hydrogen-bond acceptors (Lipinski definition) is 1. The minimum Gasteiger partial charge on any atom is -0.264 e. The summed E-state index contributed by atoms with van der Waals surface area (Å²) in [5.74, 6) is 0. The number of rotatable bonds is 1. The highest BCUT2D eigenvalue weighted by Crippen LogP contribution is 2.62. The van der Waals surface area contributed by atoms with E-state index in [0.29, 0.717) is 0 Å². The third-order valence-electron chi connectivity index (χ3n) is 6.99. The molecule has 0 saturated heterocycles. The first kappa shape index (κ1) is 16.8. The van der Waals surface area contributed by atoms with E-state index < -0.39 is 0 Å². The molecule has 1 heterocycles. The minimum absolute atomic E-state index is 0.280. The molecule has 0 aliphatic heterocycles. The van der Waals surface area contributed by atoms with Crippen LogP contribution in [0.3, 0.4) is 0 Å². The molecule has 0 radical (unpaired) electrons. The Labute approximate surface area is 181 Å². The quantitative estimate of drug-likeness (QED) is 0.290. The Hall–Kier alpha value is -3.97. The largest absolute Gasteiger partial charge is 0.264 e. The van der Waals surface area contributed by atoms with Crippen LogP contribution in [0, 0.1) is 0 Å². The fourth-order valence-corrected chi connectivity index (χ4v) is 5.81. The Morgan fingerprint density at radius 2 is 1.00 bits per heavy atom. The molecule has 1 nitrogen and oxygen atoms in total. The SMILES string of the molecule is c1cncc(-c2ccc3c(c2)C2(c4ccccc4-c4ccccc42)c2ccccc2-3)c1. The van der Waals surface area contributed by atoms with E-state index in [4.69, 9.17) is 0 Å². The molecule has 0 bridgehead atoms. The van der Waals surface area contributed by atoms with Gasteiger partial charge in [0.25, 0.3) is 0 Å². The van der Waals surface area contributed by atoms with E-state index >= 15 is 0 Å². The second kappa shape index (κ2) is 6.02. The summed E-state index contributed by atoms with van der Waals surface area (Å²) in [6.07, 6.45) is 3.78. The van der Waals surface area contributed by atoms with Gasteiger partial charge in [-0.05, 0) is 67.8 Å². The van der Waals surface area contributed by atoms with Crippen LogP contribution >= 0.6 is 0 Å². The van der Waals surface area contributed by atoms with Crippen molar-refractivity contribution in [3.8, 4) is 33.4 Å². The van der Waals surface area contributed by atoms with Crippen LogP contribution in [-0.4, -0.2) is 4.98 Å². The standard InChI is InChI=1S/C30H19N/c1-4-12-26-22(9-1)23-10-2-5-13-27(23)30(26)28-14-6-3-11-24(28)25-16-15-20(18-29(25)30)21-8-7-17-31-19-21/h1-19H. The molecule has 1 spiro atoms. The summed E-state index contributed by atoms with van der Waals surface area (Å²) in [6.45, 7) is 0. The van der Waals surface area contributed by atoms with Crippen LogP contribution in [0.5, 0.6) is 0 Å². The van der Waals surface area contributed by atoms with E-state index in [1.54, 1.807) is 0 Å². The fraction of sp³-hybridized carbons (Fsp3) is 0.0333. The van der Waals surface area contributed by atoms with E-state index in [1.807, 2.05) is 18.5 Å². The molecular weight excluding hydrogens is 374 g/mol. The molecule has 0 fully saturated rings. The van der Waals surface area contributed by atoms with Gasteiger partial charge in [0, 0.05) is 12.4 Å².